The number of benzene rings is 2. The lowest BCUT2D eigenvalue weighted by Crippen LogP contribution is -2.02. The predicted octanol–water partition coefficient (Wildman–Crippen LogP) is 4.04. The Labute approximate surface area is 122 Å². The first-order valence-corrected chi connectivity index (χ1v) is 6.96. The second-order valence-electron chi connectivity index (χ2n) is 4.58. The first-order valence-electron chi connectivity index (χ1n) is 6.17. The monoisotopic (exact) mass is 320 g/mol. The van der Waals surface area contributed by atoms with E-state index in [0.717, 1.165) is 26.9 Å². The maximum absolute atomic E-state index is 10.3. The molecular weight excluding hydrogens is 304 g/mol. The van der Waals surface area contributed by atoms with Crippen molar-refractivity contribution in [2.75, 3.05) is 7.11 Å². The summed E-state index contributed by atoms with van der Waals surface area (Å²) in [5, 5.41) is 10.3. The number of aliphatic hydroxyl groups excluding tert-OH is 1. The molecule has 0 aliphatic carbocycles. The quantitative estimate of drug-likeness (QED) is 0.921. The van der Waals surface area contributed by atoms with Crippen LogP contribution in [-0.4, -0.2) is 12.2 Å². The molecule has 3 heteroatoms. The van der Waals surface area contributed by atoms with Gasteiger partial charge in [0.1, 0.15) is 5.75 Å². The first kappa shape index (κ1) is 14.1. The van der Waals surface area contributed by atoms with Crippen LogP contribution in [0.1, 0.15) is 22.8 Å². The zero-order valence-electron chi connectivity index (χ0n) is 11.1. The molecular formula is C16H17BrO2. The van der Waals surface area contributed by atoms with Crippen molar-refractivity contribution in [3.8, 4) is 5.75 Å². The fourth-order valence-corrected chi connectivity index (χ4v) is 2.50. The highest BCUT2D eigenvalue weighted by Crippen LogP contribution is 2.26. The van der Waals surface area contributed by atoms with Crippen molar-refractivity contribution in [1.82, 2.24) is 0 Å². The third kappa shape index (κ3) is 3.58. The molecule has 0 saturated heterocycles. The molecule has 2 aromatic carbocycles. The summed E-state index contributed by atoms with van der Waals surface area (Å²) in [6.45, 7) is 1.99. The van der Waals surface area contributed by atoms with Crippen molar-refractivity contribution in [1.29, 1.82) is 0 Å². The lowest BCUT2D eigenvalue weighted by atomic mass is 10.00. The van der Waals surface area contributed by atoms with E-state index in [1.54, 1.807) is 7.11 Å². The molecule has 0 spiro atoms. The number of aryl methyl sites for hydroxylation is 1. The zero-order chi connectivity index (χ0) is 13.8. The topological polar surface area (TPSA) is 29.5 Å². The molecule has 0 aliphatic heterocycles. The lowest BCUT2D eigenvalue weighted by molar-refractivity contribution is 0.178. The number of methoxy groups -OCH3 is 1. The summed E-state index contributed by atoms with van der Waals surface area (Å²) < 4.78 is 6.31. The van der Waals surface area contributed by atoms with Gasteiger partial charge in [-0.15, -0.1) is 0 Å². The van der Waals surface area contributed by atoms with Crippen molar-refractivity contribution in [2.45, 2.75) is 19.4 Å². The summed E-state index contributed by atoms with van der Waals surface area (Å²) in [6.07, 6.45) is 0.0647. The van der Waals surface area contributed by atoms with Crippen LogP contribution in [0, 0.1) is 6.92 Å². The molecule has 0 fully saturated rings. The van der Waals surface area contributed by atoms with Crippen LogP contribution >= 0.6 is 15.9 Å². The number of ether oxygens (including phenoxy) is 1. The summed E-state index contributed by atoms with van der Waals surface area (Å²) in [6, 6.07) is 13.8. The summed E-state index contributed by atoms with van der Waals surface area (Å²) in [5.74, 6) is 0.811. The molecule has 0 amide bonds. The Morgan fingerprint density at radius 3 is 2.68 bits per heavy atom. The average Bonchev–Trinajstić information content (AvgIpc) is 2.39. The Balaban J connectivity index is 2.18. The highest BCUT2D eigenvalue weighted by molar-refractivity contribution is 9.10. The number of hydrogen-bond donors (Lipinski definition) is 1. The molecule has 1 N–H and O–H groups in total. The largest absolute Gasteiger partial charge is 0.496 e. The Hall–Kier alpha value is -1.32. The zero-order valence-corrected chi connectivity index (χ0v) is 12.6. The van der Waals surface area contributed by atoms with E-state index in [-0.39, 0.29) is 0 Å². The molecule has 0 aliphatic rings. The van der Waals surface area contributed by atoms with Gasteiger partial charge in [0, 0.05) is 10.9 Å². The minimum Gasteiger partial charge on any atom is -0.496 e. The molecule has 100 valence electrons. The summed E-state index contributed by atoms with van der Waals surface area (Å²) in [5.41, 5.74) is 3.05. The van der Waals surface area contributed by atoms with E-state index in [1.165, 1.54) is 0 Å². The normalized spacial score (nSPS) is 12.2. The van der Waals surface area contributed by atoms with Gasteiger partial charge in [0.25, 0.3) is 0 Å². The molecule has 0 saturated carbocycles. The van der Waals surface area contributed by atoms with Crippen molar-refractivity contribution in [3.63, 3.8) is 0 Å². The van der Waals surface area contributed by atoms with Crippen molar-refractivity contribution >= 4 is 15.9 Å². The Kier molecular flexibility index (Phi) is 4.61. The van der Waals surface area contributed by atoms with Gasteiger partial charge in [-0.1, -0.05) is 40.2 Å². The number of halogens is 1. The third-order valence-corrected chi connectivity index (χ3v) is 3.63. The fourth-order valence-electron chi connectivity index (χ4n) is 2.05. The molecule has 2 rings (SSSR count). The Morgan fingerprint density at radius 1 is 1.21 bits per heavy atom. The van der Waals surface area contributed by atoms with Gasteiger partial charge in [-0.3, -0.25) is 0 Å². The minimum absolute atomic E-state index is 0.524. The Bertz CT molecular complexity index is 566. The van der Waals surface area contributed by atoms with E-state index in [0.29, 0.717) is 6.42 Å². The number of hydrogen-bond acceptors (Lipinski definition) is 2. The van der Waals surface area contributed by atoms with Crippen LogP contribution in [0.3, 0.4) is 0 Å². The molecule has 2 aromatic rings. The van der Waals surface area contributed by atoms with E-state index in [2.05, 4.69) is 15.9 Å². The second-order valence-corrected chi connectivity index (χ2v) is 5.49. The summed E-state index contributed by atoms with van der Waals surface area (Å²) >= 11 is 3.44. The van der Waals surface area contributed by atoms with Gasteiger partial charge in [-0.05, 0) is 41.8 Å². The maximum atomic E-state index is 10.3. The van der Waals surface area contributed by atoms with Crippen molar-refractivity contribution in [3.05, 3.63) is 63.6 Å². The minimum atomic E-state index is -0.524. The molecule has 0 bridgehead atoms. The van der Waals surface area contributed by atoms with E-state index >= 15 is 0 Å². The smallest absolute Gasteiger partial charge is 0.122 e. The van der Waals surface area contributed by atoms with Gasteiger partial charge in [0.15, 0.2) is 0 Å². The first-order chi connectivity index (χ1) is 9.10. The van der Waals surface area contributed by atoms with Gasteiger partial charge >= 0.3 is 0 Å². The molecule has 1 unspecified atom stereocenters. The number of rotatable bonds is 4. The van der Waals surface area contributed by atoms with Gasteiger partial charge in [0.2, 0.25) is 0 Å². The van der Waals surface area contributed by atoms with E-state index in [1.807, 2.05) is 49.4 Å². The molecule has 1 atom stereocenters. The molecule has 2 nitrogen and oxygen atoms in total. The Morgan fingerprint density at radius 2 is 2.00 bits per heavy atom. The standard InChI is InChI=1S/C16H17BrO2/c1-11-6-7-13(10-16(11)19-2)15(18)9-12-4-3-5-14(17)8-12/h3-8,10,15,18H,9H2,1-2H3. The van der Waals surface area contributed by atoms with Crippen molar-refractivity contribution in [2.24, 2.45) is 0 Å². The van der Waals surface area contributed by atoms with Crippen LogP contribution in [0.4, 0.5) is 0 Å². The van der Waals surface area contributed by atoms with E-state index in [9.17, 15) is 5.11 Å². The molecule has 19 heavy (non-hydrogen) atoms. The highest BCUT2D eigenvalue weighted by atomic mass is 79.9. The second kappa shape index (κ2) is 6.22. The van der Waals surface area contributed by atoms with Crippen LogP contribution in [-0.2, 0) is 6.42 Å². The van der Waals surface area contributed by atoms with Crippen LogP contribution in [0.15, 0.2) is 46.9 Å². The maximum Gasteiger partial charge on any atom is 0.122 e. The lowest BCUT2D eigenvalue weighted by Gasteiger charge is -2.14. The molecule has 0 radical (unpaired) electrons. The van der Waals surface area contributed by atoms with Gasteiger partial charge < -0.3 is 9.84 Å². The average molecular weight is 321 g/mol. The van der Waals surface area contributed by atoms with Crippen molar-refractivity contribution < 1.29 is 9.84 Å². The SMILES string of the molecule is COc1cc(C(O)Cc2cccc(Br)c2)ccc1C. The fraction of sp³-hybridized carbons (Fsp3) is 0.250. The molecule has 0 aromatic heterocycles. The highest BCUT2D eigenvalue weighted by Gasteiger charge is 2.11. The summed E-state index contributed by atoms with van der Waals surface area (Å²) in [4.78, 5) is 0. The van der Waals surface area contributed by atoms with Gasteiger partial charge in [0.05, 0.1) is 13.2 Å². The van der Waals surface area contributed by atoms with E-state index < -0.39 is 6.10 Å². The third-order valence-electron chi connectivity index (χ3n) is 3.13. The van der Waals surface area contributed by atoms with Gasteiger partial charge in [-0.25, -0.2) is 0 Å². The predicted molar refractivity (Wildman–Crippen MR) is 80.5 cm³/mol. The number of aliphatic hydroxyl groups is 1. The van der Waals surface area contributed by atoms with E-state index in [4.69, 9.17) is 4.74 Å². The summed E-state index contributed by atoms with van der Waals surface area (Å²) in [7, 11) is 1.65. The van der Waals surface area contributed by atoms with Crippen LogP contribution < -0.4 is 4.74 Å². The van der Waals surface area contributed by atoms with Crippen LogP contribution in [0.25, 0.3) is 0 Å². The van der Waals surface area contributed by atoms with Crippen LogP contribution in [0.5, 0.6) is 5.75 Å². The van der Waals surface area contributed by atoms with Crippen LogP contribution in [0.2, 0.25) is 0 Å². The molecule has 0 heterocycles. The van der Waals surface area contributed by atoms with Gasteiger partial charge in [-0.2, -0.15) is 0 Å².